The highest BCUT2D eigenvalue weighted by Crippen LogP contribution is 2.35. The van der Waals surface area contributed by atoms with Crippen molar-refractivity contribution in [1.29, 1.82) is 0 Å². The third kappa shape index (κ3) is 5.94. The van der Waals surface area contributed by atoms with Crippen molar-refractivity contribution in [3.8, 4) is 23.0 Å². The Morgan fingerprint density at radius 1 is 1.03 bits per heavy atom. The lowest BCUT2D eigenvalue weighted by atomic mass is 10.1. The number of rotatable bonds is 7. The third-order valence-electron chi connectivity index (χ3n) is 5.68. The predicted octanol–water partition coefficient (Wildman–Crippen LogP) is 4.18. The molecule has 2 aromatic carbocycles. The van der Waals surface area contributed by atoms with Gasteiger partial charge in [-0.05, 0) is 23.3 Å². The Morgan fingerprint density at radius 3 is 2.26 bits per heavy atom. The maximum absolute atomic E-state index is 11.8. The highest BCUT2D eigenvalue weighted by atomic mass is 35.5. The first-order chi connectivity index (χ1) is 16.4. The Labute approximate surface area is 208 Å². The van der Waals surface area contributed by atoms with Gasteiger partial charge in [0.1, 0.15) is 12.3 Å². The van der Waals surface area contributed by atoms with Crippen molar-refractivity contribution in [2.75, 3.05) is 26.2 Å². The molecule has 34 heavy (non-hydrogen) atoms. The van der Waals surface area contributed by atoms with Crippen LogP contribution >= 0.6 is 23.2 Å². The molecule has 2 heterocycles. The second-order valence-corrected chi connectivity index (χ2v) is 8.84. The minimum Gasteiger partial charge on any atom is -0.505 e. The minimum atomic E-state index is -0.176. The number of phenolic OH excluding ortho intramolecular Hbond substituents is 1. The molecule has 0 unspecified atom stereocenters. The van der Waals surface area contributed by atoms with Gasteiger partial charge in [-0.3, -0.25) is 9.69 Å². The second kappa shape index (κ2) is 11.0. The van der Waals surface area contributed by atoms with E-state index in [1.165, 1.54) is 11.8 Å². The zero-order valence-corrected chi connectivity index (χ0v) is 20.3. The van der Waals surface area contributed by atoms with Crippen LogP contribution in [0, 0.1) is 0 Å². The molecular weight excluding hydrogens is 477 g/mol. The summed E-state index contributed by atoms with van der Waals surface area (Å²) in [6.45, 7) is 6.43. The molecule has 1 N–H and O–H groups in total. The van der Waals surface area contributed by atoms with Crippen LogP contribution in [0.2, 0.25) is 10.0 Å². The first kappa shape index (κ1) is 24.2. The van der Waals surface area contributed by atoms with Gasteiger partial charge in [0.05, 0.1) is 16.2 Å². The number of carbonyl (C=O) groups is 1. The van der Waals surface area contributed by atoms with Gasteiger partial charge in [-0.15, -0.1) is 5.10 Å². The van der Waals surface area contributed by atoms with Crippen LogP contribution in [0.4, 0.5) is 0 Å². The first-order valence-electron chi connectivity index (χ1n) is 11.0. The molecule has 0 saturated carbocycles. The van der Waals surface area contributed by atoms with E-state index in [-0.39, 0.29) is 27.7 Å². The number of aromatic hydroxyl groups is 1. The molecule has 0 spiro atoms. The summed E-state index contributed by atoms with van der Waals surface area (Å²) < 4.78 is 5.66. The molecule has 0 atom stereocenters. The Bertz CT molecular complexity index is 1110. The number of carbonyl (C=O) groups excluding carboxylic acids is 1. The van der Waals surface area contributed by atoms with E-state index >= 15 is 0 Å². The zero-order chi connectivity index (χ0) is 24.1. The van der Waals surface area contributed by atoms with Crippen LogP contribution in [0.5, 0.6) is 11.8 Å². The van der Waals surface area contributed by atoms with Gasteiger partial charge in [-0.2, -0.15) is 0 Å². The summed E-state index contributed by atoms with van der Waals surface area (Å²) in [7, 11) is 0. The number of piperazine rings is 1. The van der Waals surface area contributed by atoms with Gasteiger partial charge >= 0.3 is 6.01 Å². The fraction of sp³-hybridized carbons (Fsp3) is 0.333. The average molecular weight is 502 g/mol. The van der Waals surface area contributed by atoms with Gasteiger partial charge in [0.25, 0.3) is 0 Å². The molecule has 1 aliphatic rings. The number of hydrogen-bond acceptors (Lipinski definition) is 7. The van der Waals surface area contributed by atoms with Crippen LogP contribution in [0.25, 0.3) is 11.3 Å². The van der Waals surface area contributed by atoms with Gasteiger partial charge in [0.2, 0.25) is 5.91 Å². The van der Waals surface area contributed by atoms with Crippen molar-refractivity contribution in [1.82, 2.24) is 25.0 Å². The van der Waals surface area contributed by atoms with Crippen LogP contribution in [-0.4, -0.2) is 62.2 Å². The number of benzene rings is 2. The van der Waals surface area contributed by atoms with Crippen molar-refractivity contribution in [3.63, 3.8) is 0 Å². The molecular formula is C24H25Cl2N5O3. The molecule has 8 nitrogen and oxygen atoms in total. The van der Waals surface area contributed by atoms with E-state index in [9.17, 15) is 9.90 Å². The molecule has 10 heteroatoms. The minimum absolute atomic E-state index is 0.127. The average Bonchev–Trinajstić information content (AvgIpc) is 2.87. The topological polar surface area (TPSA) is 91.7 Å². The summed E-state index contributed by atoms with van der Waals surface area (Å²) >= 11 is 11.9. The van der Waals surface area contributed by atoms with Gasteiger partial charge in [-0.1, -0.05) is 59.5 Å². The van der Waals surface area contributed by atoms with E-state index in [1.54, 1.807) is 12.1 Å². The number of nitrogens with zero attached hydrogens (tertiary/aromatic N) is 5. The lowest BCUT2D eigenvalue weighted by molar-refractivity contribution is -0.132. The Balaban J connectivity index is 1.28. The number of halogens is 2. The summed E-state index contributed by atoms with van der Waals surface area (Å²) in [6.07, 6.45) is 2.08. The van der Waals surface area contributed by atoms with E-state index in [0.29, 0.717) is 24.3 Å². The quantitative estimate of drug-likeness (QED) is 0.518. The molecule has 0 radical (unpaired) electrons. The molecule has 1 fully saturated rings. The van der Waals surface area contributed by atoms with Crippen molar-refractivity contribution < 1.29 is 14.6 Å². The molecule has 1 aromatic heterocycles. The van der Waals surface area contributed by atoms with Crippen molar-refractivity contribution in [2.24, 2.45) is 0 Å². The predicted molar refractivity (Wildman–Crippen MR) is 130 cm³/mol. The molecule has 0 bridgehead atoms. The number of aromatic nitrogens is 3. The van der Waals surface area contributed by atoms with E-state index in [4.69, 9.17) is 27.9 Å². The maximum atomic E-state index is 11.8. The fourth-order valence-corrected chi connectivity index (χ4v) is 4.19. The lowest BCUT2D eigenvalue weighted by Crippen LogP contribution is -2.48. The van der Waals surface area contributed by atoms with Crippen LogP contribution in [0.3, 0.4) is 0 Å². The van der Waals surface area contributed by atoms with Gasteiger partial charge in [0, 0.05) is 44.7 Å². The SMILES string of the molecule is CCC(=O)N1CCN(Cc2ccc(COc3ncc(-c4cc(Cl)c(O)c(Cl)c4)nn3)cc2)CC1. The summed E-state index contributed by atoms with van der Waals surface area (Å²) in [4.78, 5) is 20.3. The van der Waals surface area contributed by atoms with Crippen molar-refractivity contribution in [2.45, 2.75) is 26.5 Å². The largest absolute Gasteiger partial charge is 0.505 e. The standard InChI is InChI=1S/C24H25Cl2N5O3/c1-2-22(32)31-9-7-30(8-10-31)14-16-3-5-17(6-4-16)15-34-24-27-13-21(28-29-24)18-11-19(25)23(33)20(26)12-18/h3-6,11-13,33H,2,7-10,14-15H2,1H3. The van der Waals surface area contributed by atoms with Crippen LogP contribution in [0.1, 0.15) is 24.5 Å². The van der Waals surface area contributed by atoms with Crippen molar-refractivity contribution >= 4 is 29.1 Å². The Kier molecular flexibility index (Phi) is 7.82. The zero-order valence-electron chi connectivity index (χ0n) is 18.7. The Hall–Kier alpha value is -2.94. The highest BCUT2D eigenvalue weighted by molar-refractivity contribution is 6.37. The van der Waals surface area contributed by atoms with Crippen LogP contribution in [0.15, 0.2) is 42.6 Å². The molecule has 0 aliphatic carbocycles. The molecule has 4 rings (SSSR count). The molecule has 3 aromatic rings. The summed E-state index contributed by atoms with van der Waals surface area (Å²) in [5, 5.41) is 18.1. The van der Waals surface area contributed by atoms with Crippen LogP contribution < -0.4 is 4.74 Å². The van der Waals surface area contributed by atoms with E-state index < -0.39 is 0 Å². The van der Waals surface area contributed by atoms with Crippen molar-refractivity contribution in [3.05, 3.63) is 63.8 Å². The summed E-state index contributed by atoms with van der Waals surface area (Å²) in [5.74, 6) is 0.0528. The highest BCUT2D eigenvalue weighted by Gasteiger charge is 2.19. The van der Waals surface area contributed by atoms with Gasteiger partial charge < -0.3 is 14.7 Å². The maximum Gasteiger partial charge on any atom is 0.336 e. The second-order valence-electron chi connectivity index (χ2n) is 8.03. The fourth-order valence-electron chi connectivity index (χ4n) is 3.70. The molecule has 1 amide bonds. The van der Waals surface area contributed by atoms with E-state index in [0.717, 1.165) is 38.3 Å². The molecule has 1 saturated heterocycles. The van der Waals surface area contributed by atoms with E-state index in [2.05, 4.69) is 32.2 Å². The summed E-state index contributed by atoms with van der Waals surface area (Å²) in [5.41, 5.74) is 3.26. The van der Waals surface area contributed by atoms with Crippen LogP contribution in [-0.2, 0) is 17.9 Å². The number of phenols is 1. The molecule has 178 valence electrons. The molecule has 1 aliphatic heterocycles. The lowest BCUT2D eigenvalue weighted by Gasteiger charge is -2.34. The summed E-state index contributed by atoms with van der Waals surface area (Å²) in [6, 6.07) is 11.5. The number of hydrogen-bond donors (Lipinski definition) is 1. The third-order valence-corrected chi connectivity index (χ3v) is 6.25. The normalized spacial score (nSPS) is 14.3. The number of ether oxygens (including phenoxy) is 1. The monoisotopic (exact) mass is 501 g/mol. The van der Waals surface area contributed by atoms with Gasteiger partial charge in [-0.25, -0.2) is 4.98 Å². The number of amides is 1. The first-order valence-corrected chi connectivity index (χ1v) is 11.8. The smallest absolute Gasteiger partial charge is 0.336 e. The van der Waals surface area contributed by atoms with Gasteiger partial charge in [0.15, 0.2) is 5.75 Å². The Morgan fingerprint density at radius 2 is 1.68 bits per heavy atom. The van der Waals surface area contributed by atoms with E-state index in [1.807, 2.05) is 24.0 Å².